The SMILES string of the molecule is Cc1c(C(=O)CCCN2C(=O)/C(=C/c3ccc(F)cc3)SC2=S)c(O)n(Cc2ccc(F)cc2)c(=O)c1C#N. The molecule has 2 heterocycles. The Hall–Kier alpha value is -4.14. The summed E-state index contributed by atoms with van der Waals surface area (Å²) in [5.74, 6) is -2.29. The van der Waals surface area contributed by atoms with Crippen molar-refractivity contribution in [3.63, 3.8) is 0 Å². The summed E-state index contributed by atoms with van der Waals surface area (Å²) in [6.07, 6.45) is 1.72. The Morgan fingerprint density at radius 3 is 2.33 bits per heavy atom. The first-order valence-corrected chi connectivity index (χ1v) is 13.0. The molecular weight excluding hydrogens is 544 g/mol. The monoisotopic (exact) mass is 565 g/mol. The Kier molecular flexibility index (Phi) is 8.38. The highest BCUT2D eigenvalue weighted by Gasteiger charge is 2.32. The lowest BCUT2D eigenvalue weighted by atomic mass is 9.99. The highest BCUT2D eigenvalue weighted by molar-refractivity contribution is 8.26. The number of benzene rings is 2. The van der Waals surface area contributed by atoms with Gasteiger partial charge in [-0.25, -0.2) is 8.78 Å². The van der Waals surface area contributed by atoms with Crippen molar-refractivity contribution in [2.75, 3.05) is 6.54 Å². The number of carbonyl (C=O) groups is 2. The van der Waals surface area contributed by atoms with Crippen molar-refractivity contribution in [3.05, 3.63) is 103 Å². The third-order valence-electron chi connectivity index (χ3n) is 6.16. The first kappa shape index (κ1) is 27.9. The molecule has 39 heavy (non-hydrogen) atoms. The number of halogens is 2. The largest absolute Gasteiger partial charge is 0.494 e. The van der Waals surface area contributed by atoms with Crippen molar-refractivity contribution >= 4 is 46.1 Å². The third kappa shape index (κ3) is 5.97. The molecule has 2 aromatic carbocycles. The number of aromatic hydroxyl groups is 1. The Labute approximate surface area is 232 Å². The maximum Gasteiger partial charge on any atom is 0.271 e. The van der Waals surface area contributed by atoms with E-state index < -0.39 is 28.9 Å². The smallest absolute Gasteiger partial charge is 0.271 e. The molecule has 0 atom stereocenters. The average molecular weight is 566 g/mol. The van der Waals surface area contributed by atoms with E-state index in [1.165, 1.54) is 48.2 Å². The predicted molar refractivity (Wildman–Crippen MR) is 147 cm³/mol. The van der Waals surface area contributed by atoms with Gasteiger partial charge < -0.3 is 5.11 Å². The highest BCUT2D eigenvalue weighted by atomic mass is 32.2. The average Bonchev–Trinajstić information content (AvgIpc) is 3.16. The molecular formula is C28H21F2N3O4S2. The summed E-state index contributed by atoms with van der Waals surface area (Å²) >= 11 is 6.43. The van der Waals surface area contributed by atoms with Crippen molar-refractivity contribution in [2.24, 2.45) is 0 Å². The van der Waals surface area contributed by atoms with Crippen molar-refractivity contribution in [3.8, 4) is 11.9 Å². The van der Waals surface area contributed by atoms with Crippen molar-refractivity contribution in [1.29, 1.82) is 5.26 Å². The summed E-state index contributed by atoms with van der Waals surface area (Å²) < 4.78 is 27.7. The number of ketones is 1. The molecule has 7 nitrogen and oxygen atoms in total. The van der Waals surface area contributed by atoms with Gasteiger partial charge in [-0.3, -0.25) is 23.9 Å². The highest BCUT2D eigenvalue weighted by Crippen LogP contribution is 2.33. The van der Waals surface area contributed by atoms with Gasteiger partial charge in [-0.05, 0) is 60.4 Å². The van der Waals surface area contributed by atoms with E-state index in [-0.39, 0.29) is 48.5 Å². The van der Waals surface area contributed by atoms with Gasteiger partial charge in [0.2, 0.25) is 5.88 Å². The van der Waals surface area contributed by atoms with Gasteiger partial charge in [-0.15, -0.1) is 0 Å². The summed E-state index contributed by atoms with van der Waals surface area (Å²) in [5.41, 5.74) is -0.00634. The van der Waals surface area contributed by atoms with Crippen LogP contribution in [0.25, 0.3) is 6.08 Å². The molecule has 1 aliphatic rings. The maximum atomic E-state index is 13.3. The molecule has 1 aliphatic heterocycles. The van der Waals surface area contributed by atoms with Crippen LogP contribution in [0.1, 0.15) is 45.5 Å². The van der Waals surface area contributed by atoms with E-state index >= 15 is 0 Å². The van der Waals surface area contributed by atoms with Gasteiger partial charge in [0.1, 0.15) is 27.6 Å². The number of aromatic nitrogens is 1. The normalized spacial score (nSPS) is 14.2. The van der Waals surface area contributed by atoms with Crippen LogP contribution in [0.2, 0.25) is 0 Å². The summed E-state index contributed by atoms with van der Waals surface area (Å²) in [6.45, 7) is 1.38. The number of amides is 1. The molecule has 0 radical (unpaired) electrons. The number of thiocarbonyl (C=S) groups is 1. The summed E-state index contributed by atoms with van der Waals surface area (Å²) in [5, 5.41) is 20.4. The Morgan fingerprint density at radius 1 is 1.10 bits per heavy atom. The van der Waals surface area contributed by atoms with Crippen molar-refractivity contribution in [2.45, 2.75) is 26.3 Å². The molecule has 0 saturated carbocycles. The van der Waals surface area contributed by atoms with Crippen LogP contribution in [-0.2, 0) is 11.3 Å². The number of Topliss-reactive ketones (excluding diaryl/α,β-unsaturated/α-hetero) is 1. The van der Waals surface area contributed by atoms with E-state index in [9.17, 15) is 33.5 Å². The van der Waals surface area contributed by atoms with Gasteiger partial charge in [0.25, 0.3) is 11.5 Å². The van der Waals surface area contributed by atoms with Gasteiger partial charge in [0, 0.05) is 13.0 Å². The van der Waals surface area contributed by atoms with Gasteiger partial charge in [-0.1, -0.05) is 48.2 Å². The van der Waals surface area contributed by atoms with Crippen LogP contribution in [0.4, 0.5) is 8.78 Å². The minimum absolute atomic E-state index is 0.0631. The van der Waals surface area contributed by atoms with Gasteiger partial charge in [0.15, 0.2) is 5.78 Å². The number of hydrogen-bond donors (Lipinski definition) is 1. The standard InChI is InChI=1S/C28H21F2N3O4S2/c1-16-21(14-31)25(35)33(15-18-6-10-20(30)11-7-18)27(37)24(16)22(34)3-2-12-32-26(36)23(39-28(32)38)13-17-4-8-19(29)9-5-17/h4-11,13,37H,2-3,12,15H2,1H3/b23-13-. The number of pyridine rings is 1. The van der Waals surface area contributed by atoms with E-state index in [1.807, 2.05) is 0 Å². The molecule has 11 heteroatoms. The topological polar surface area (TPSA) is 103 Å². The van der Waals surface area contributed by atoms with Crippen LogP contribution in [0, 0.1) is 29.9 Å². The number of nitrogens with zero attached hydrogens (tertiary/aromatic N) is 3. The molecule has 198 valence electrons. The second-order valence-electron chi connectivity index (χ2n) is 8.74. The summed E-state index contributed by atoms with van der Waals surface area (Å²) in [6, 6.07) is 12.7. The minimum atomic E-state index is -0.765. The van der Waals surface area contributed by atoms with Crippen LogP contribution in [0.5, 0.6) is 5.88 Å². The lowest BCUT2D eigenvalue weighted by Gasteiger charge is -2.17. The lowest BCUT2D eigenvalue weighted by Crippen LogP contribution is -2.30. The van der Waals surface area contributed by atoms with Crippen LogP contribution in [-0.4, -0.2) is 37.1 Å². The molecule has 0 aliphatic carbocycles. The van der Waals surface area contributed by atoms with Crippen LogP contribution in [0.15, 0.2) is 58.2 Å². The second kappa shape index (κ2) is 11.7. The zero-order chi connectivity index (χ0) is 28.3. The van der Waals surface area contributed by atoms with E-state index in [1.54, 1.807) is 24.3 Å². The number of thioether (sulfide) groups is 1. The molecule has 1 saturated heterocycles. The summed E-state index contributed by atoms with van der Waals surface area (Å²) in [4.78, 5) is 40.6. The zero-order valence-corrected chi connectivity index (χ0v) is 22.2. The van der Waals surface area contributed by atoms with Crippen LogP contribution >= 0.6 is 24.0 Å². The molecule has 1 aromatic heterocycles. The quantitative estimate of drug-likeness (QED) is 0.235. The minimum Gasteiger partial charge on any atom is -0.494 e. The molecule has 4 rings (SSSR count). The van der Waals surface area contributed by atoms with E-state index in [2.05, 4.69) is 0 Å². The second-order valence-corrected chi connectivity index (χ2v) is 10.4. The fraction of sp³-hybridized carbons (Fsp3) is 0.179. The fourth-order valence-corrected chi connectivity index (χ4v) is 5.44. The van der Waals surface area contributed by atoms with E-state index in [0.29, 0.717) is 20.4 Å². The third-order valence-corrected chi connectivity index (χ3v) is 7.54. The van der Waals surface area contributed by atoms with Crippen LogP contribution < -0.4 is 5.56 Å². The molecule has 3 aromatic rings. The molecule has 0 bridgehead atoms. The van der Waals surface area contributed by atoms with Crippen molar-refractivity contribution in [1.82, 2.24) is 9.47 Å². The van der Waals surface area contributed by atoms with Crippen LogP contribution in [0.3, 0.4) is 0 Å². The van der Waals surface area contributed by atoms with E-state index in [0.717, 1.165) is 16.3 Å². The van der Waals surface area contributed by atoms with Gasteiger partial charge >= 0.3 is 0 Å². The number of nitriles is 1. The fourth-order valence-electron chi connectivity index (χ4n) is 4.13. The molecule has 1 N–H and O–H groups in total. The first-order valence-electron chi connectivity index (χ1n) is 11.8. The van der Waals surface area contributed by atoms with Gasteiger partial charge in [-0.2, -0.15) is 5.26 Å². The summed E-state index contributed by atoms with van der Waals surface area (Å²) in [7, 11) is 0. The predicted octanol–water partition coefficient (Wildman–Crippen LogP) is 4.92. The Bertz CT molecular complexity index is 1610. The van der Waals surface area contributed by atoms with E-state index in [4.69, 9.17) is 12.2 Å². The van der Waals surface area contributed by atoms with Crippen molar-refractivity contribution < 1.29 is 23.5 Å². The van der Waals surface area contributed by atoms with Gasteiger partial charge in [0.05, 0.1) is 17.0 Å². The lowest BCUT2D eigenvalue weighted by molar-refractivity contribution is -0.122. The number of hydrogen-bond acceptors (Lipinski definition) is 7. The zero-order valence-electron chi connectivity index (χ0n) is 20.6. The molecule has 0 spiro atoms. The first-order chi connectivity index (χ1) is 18.6. The number of rotatable bonds is 8. The number of carbonyl (C=O) groups excluding carboxylic acids is 2. The maximum absolute atomic E-state index is 13.3. The Balaban J connectivity index is 1.50. The Morgan fingerprint density at radius 2 is 1.72 bits per heavy atom. The molecule has 1 amide bonds. The molecule has 1 fully saturated rings. The molecule has 0 unspecified atom stereocenters.